The topological polar surface area (TPSA) is 21.6 Å². The van der Waals surface area contributed by atoms with Gasteiger partial charge in [0.05, 0.1) is 5.69 Å². The number of hydrogen-bond acceptors (Lipinski definition) is 2. The summed E-state index contributed by atoms with van der Waals surface area (Å²) in [5.41, 5.74) is 9.24. The van der Waals surface area contributed by atoms with Crippen molar-refractivity contribution < 1.29 is 4.74 Å². The number of fused-ring (bicyclic) bond motifs is 1. The van der Waals surface area contributed by atoms with Crippen LogP contribution in [0.25, 0.3) is 5.76 Å². The number of para-hydroxylation sites is 1. The molecule has 1 heterocycles. The Morgan fingerprint density at radius 2 is 1.36 bits per heavy atom. The highest BCUT2D eigenvalue weighted by molar-refractivity contribution is 5.95. The summed E-state index contributed by atoms with van der Waals surface area (Å²) < 4.78 is 6.54. The standard InChI is InChI=1S/C31H27NO/c1-21-17-18-25(19-23(21)3)32-20-28-30(26-14-8-7-11-22(26)2)27-15-9-10-16-29(27)33-31(28)24-12-5-4-6-13-24/h4-20,30H,1-3H3/t30-/m0/s1. The molecule has 4 aromatic rings. The molecule has 2 nitrogen and oxygen atoms in total. The quantitative estimate of drug-likeness (QED) is 0.302. The van der Waals surface area contributed by atoms with Crippen molar-refractivity contribution in [1.82, 2.24) is 0 Å². The molecular formula is C31H27NO. The Kier molecular flexibility index (Phi) is 5.66. The predicted octanol–water partition coefficient (Wildman–Crippen LogP) is 7.95. The van der Waals surface area contributed by atoms with E-state index in [4.69, 9.17) is 9.73 Å². The minimum absolute atomic E-state index is 0.0293. The van der Waals surface area contributed by atoms with Crippen molar-refractivity contribution in [1.29, 1.82) is 0 Å². The number of hydrogen-bond donors (Lipinski definition) is 0. The fraction of sp³-hybridized carbons (Fsp3) is 0.129. The van der Waals surface area contributed by atoms with Crippen LogP contribution >= 0.6 is 0 Å². The van der Waals surface area contributed by atoms with Crippen molar-refractivity contribution in [2.75, 3.05) is 0 Å². The smallest absolute Gasteiger partial charge is 0.140 e. The van der Waals surface area contributed by atoms with Crippen molar-refractivity contribution in [2.45, 2.75) is 26.7 Å². The first-order chi connectivity index (χ1) is 16.1. The van der Waals surface area contributed by atoms with Crippen LogP contribution in [0.2, 0.25) is 0 Å². The Morgan fingerprint density at radius 1 is 0.667 bits per heavy atom. The lowest BCUT2D eigenvalue weighted by atomic mass is 9.80. The second kappa shape index (κ2) is 8.91. The number of allylic oxidation sites excluding steroid dienone is 1. The van der Waals surface area contributed by atoms with Gasteiger partial charge in [-0.15, -0.1) is 0 Å². The van der Waals surface area contributed by atoms with Crippen molar-refractivity contribution >= 4 is 17.7 Å². The van der Waals surface area contributed by atoms with E-state index in [0.29, 0.717) is 0 Å². The van der Waals surface area contributed by atoms with Crippen LogP contribution in [0.4, 0.5) is 5.69 Å². The van der Waals surface area contributed by atoms with Crippen molar-refractivity contribution in [2.24, 2.45) is 4.99 Å². The third-order valence-electron chi connectivity index (χ3n) is 6.39. The second-order valence-corrected chi connectivity index (χ2v) is 8.61. The van der Waals surface area contributed by atoms with Crippen LogP contribution in [0.1, 0.15) is 39.3 Å². The number of aryl methyl sites for hydroxylation is 3. The van der Waals surface area contributed by atoms with Crippen molar-refractivity contribution in [3.63, 3.8) is 0 Å². The average molecular weight is 430 g/mol. The Bertz CT molecular complexity index is 1360. The molecule has 0 unspecified atom stereocenters. The van der Waals surface area contributed by atoms with Gasteiger partial charge in [-0.2, -0.15) is 0 Å². The van der Waals surface area contributed by atoms with Gasteiger partial charge in [-0.1, -0.05) is 78.9 Å². The Hall–Kier alpha value is -3.91. The van der Waals surface area contributed by atoms with Gasteiger partial charge in [0.25, 0.3) is 0 Å². The number of benzene rings is 4. The molecule has 1 aliphatic heterocycles. The third kappa shape index (κ3) is 4.12. The van der Waals surface area contributed by atoms with E-state index in [0.717, 1.165) is 33.9 Å². The lowest BCUT2D eigenvalue weighted by Crippen LogP contribution is -2.18. The predicted molar refractivity (Wildman–Crippen MR) is 138 cm³/mol. The van der Waals surface area contributed by atoms with Gasteiger partial charge >= 0.3 is 0 Å². The molecule has 33 heavy (non-hydrogen) atoms. The molecule has 5 rings (SSSR count). The maximum Gasteiger partial charge on any atom is 0.140 e. The first-order valence-electron chi connectivity index (χ1n) is 11.3. The molecule has 0 fully saturated rings. The SMILES string of the molecule is Cc1ccc(N=CC2=C(c3ccccc3)Oc3ccccc3[C@@H]2c2ccccc2C)cc1C. The number of aliphatic imine (C=N–C) groups is 1. The molecule has 0 aromatic heterocycles. The van der Waals surface area contributed by atoms with E-state index in [1.807, 2.05) is 30.5 Å². The first-order valence-corrected chi connectivity index (χ1v) is 11.3. The Labute approximate surface area is 195 Å². The minimum Gasteiger partial charge on any atom is -0.456 e. The van der Waals surface area contributed by atoms with Gasteiger partial charge < -0.3 is 4.74 Å². The Morgan fingerprint density at radius 3 is 2.12 bits per heavy atom. The van der Waals surface area contributed by atoms with Crippen LogP contribution in [-0.4, -0.2) is 6.21 Å². The van der Waals surface area contributed by atoms with Gasteiger partial charge in [0.15, 0.2) is 0 Å². The maximum absolute atomic E-state index is 6.54. The van der Waals surface area contributed by atoms with E-state index in [1.54, 1.807) is 0 Å². The van der Waals surface area contributed by atoms with Crippen LogP contribution in [0, 0.1) is 20.8 Å². The van der Waals surface area contributed by atoms with Gasteiger partial charge in [-0.05, 0) is 61.2 Å². The number of nitrogens with zero attached hydrogens (tertiary/aromatic N) is 1. The average Bonchev–Trinajstić information content (AvgIpc) is 2.85. The fourth-order valence-electron chi connectivity index (χ4n) is 4.42. The highest BCUT2D eigenvalue weighted by atomic mass is 16.5. The summed E-state index contributed by atoms with van der Waals surface area (Å²) in [5, 5.41) is 0. The van der Waals surface area contributed by atoms with Gasteiger partial charge in [0.1, 0.15) is 11.5 Å². The van der Waals surface area contributed by atoms with E-state index < -0.39 is 0 Å². The zero-order valence-electron chi connectivity index (χ0n) is 19.2. The molecule has 0 N–H and O–H groups in total. The highest BCUT2D eigenvalue weighted by Gasteiger charge is 2.31. The molecule has 0 aliphatic carbocycles. The second-order valence-electron chi connectivity index (χ2n) is 8.61. The van der Waals surface area contributed by atoms with Gasteiger partial charge in [0.2, 0.25) is 0 Å². The molecule has 0 spiro atoms. The van der Waals surface area contributed by atoms with Crippen LogP contribution in [-0.2, 0) is 0 Å². The summed E-state index contributed by atoms with van der Waals surface area (Å²) >= 11 is 0. The van der Waals surface area contributed by atoms with Gasteiger partial charge in [0, 0.05) is 28.8 Å². The largest absolute Gasteiger partial charge is 0.456 e. The lowest BCUT2D eigenvalue weighted by Gasteiger charge is -2.30. The van der Waals surface area contributed by atoms with Crippen molar-refractivity contribution in [3.8, 4) is 5.75 Å². The van der Waals surface area contributed by atoms with E-state index in [1.165, 1.54) is 22.3 Å². The third-order valence-corrected chi connectivity index (χ3v) is 6.39. The summed E-state index contributed by atoms with van der Waals surface area (Å²) in [5.74, 6) is 1.78. The normalized spacial score (nSPS) is 15.4. The molecule has 1 aliphatic rings. The summed E-state index contributed by atoms with van der Waals surface area (Å²) in [7, 11) is 0. The van der Waals surface area contributed by atoms with E-state index in [9.17, 15) is 0 Å². The van der Waals surface area contributed by atoms with Crippen LogP contribution < -0.4 is 4.74 Å². The molecule has 0 saturated heterocycles. The summed E-state index contributed by atoms with van der Waals surface area (Å²) in [6.45, 7) is 6.42. The minimum atomic E-state index is 0.0293. The molecule has 0 radical (unpaired) electrons. The molecule has 0 bridgehead atoms. The number of ether oxygens (including phenoxy) is 1. The molecule has 0 saturated carbocycles. The van der Waals surface area contributed by atoms with Crippen LogP contribution in [0.15, 0.2) is 108 Å². The first kappa shape index (κ1) is 21.0. The highest BCUT2D eigenvalue weighted by Crippen LogP contribution is 2.45. The van der Waals surface area contributed by atoms with E-state index >= 15 is 0 Å². The Balaban J connectivity index is 1.74. The van der Waals surface area contributed by atoms with Crippen LogP contribution in [0.3, 0.4) is 0 Å². The molecule has 162 valence electrons. The van der Waals surface area contributed by atoms with E-state index in [2.05, 4.69) is 93.6 Å². The fourth-order valence-corrected chi connectivity index (χ4v) is 4.42. The summed E-state index contributed by atoms with van der Waals surface area (Å²) in [6, 6.07) is 33.6. The van der Waals surface area contributed by atoms with Crippen molar-refractivity contribution in [3.05, 3.63) is 136 Å². The number of rotatable bonds is 4. The molecule has 4 aromatic carbocycles. The molecule has 1 atom stereocenters. The maximum atomic E-state index is 6.54. The monoisotopic (exact) mass is 429 g/mol. The summed E-state index contributed by atoms with van der Waals surface area (Å²) in [6.07, 6.45) is 2.00. The molecule has 2 heteroatoms. The van der Waals surface area contributed by atoms with Gasteiger partial charge in [-0.25, -0.2) is 0 Å². The lowest BCUT2D eigenvalue weighted by molar-refractivity contribution is 0.489. The zero-order valence-corrected chi connectivity index (χ0v) is 19.2. The van der Waals surface area contributed by atoms with Crippen LogP contribution in [0.5, 0.6) is 5.75 Å². The summed E-state index contributed by atoms with van der Waals surface area (Å²) in [4.78, 5) is 4.92. The van der Waals surface area contributed by atoms with E-state index in [-0.39, 0.29) is 5.92 Å². The zero-order chi connectivity index (χ0) is 22.8. The van der Waals surface area contributed by atoms with Gasteiger partial charge in [-0.3, -0.25) is 4.99 Å². The molecule has 0 amide bonds. The molecular weight excluding hydrogens is 402 g/mol.